The number of pyridine rings is 1. The second kappa shape index (κ2) is 9.04. The predicted octanol–water partition coefficient (Wildman–Crippen LogP) is 6.31. The quantitative estimate of drug-likeness (QED) is 0.253. The first-order valence-corrected chi connectivity index (χ1v) is 15.6. The fourth-order valence-corrected chi connectivity index (χ4v) is 8.26. The number of hydrogen-bond acceptors (Lipinski definition) is 5. The average molecular weight is 632 g/mol. The molecule has 1 spiro atoms. The van der Waals surface area contributed by atoms with Gasteiger partial charge in [0.15, 0.2) is 0 Å². The van der Waals surface area contributed by atoms with Crippen molar-refractivity contribution in [3.8, 4) is 17.1 Å². The van der Waals surface area contributed by atoms with Gasteiger partial charge >= 0.3 is 6.09 Å². The molecule has 0 radical (unpaired) electrons. The number of ether oxygens (including phenoxy) is 2. The number of carbonyl (C=O) groups is 1. The Bertz CT molecular complexity index is 1240. The summed E-state index contributed by atoms with van der Waals surface area (Å²) in [7, 11) is 0. The maximum atomic E-state index is 13.6. The van der Waals surface area contributed by atoms with Gasteiger partial charge in [-0.05, 0) is 86.3 Å². The van der Waals surface area contributed by atoms with Crippen LogP contribution in [0.1, 0.15) is 68.9 Å². The highest BCUT2D eigenvalue weighted by Gasteiger charge is 2.72. The highest BCUT2D eigenvalue weighted by Crippen LogP contribution is 2.71. The van der Waals surface area contributed by atoms with Crippen molar-refractivity contribution in [2.45, 2.75) is 75.5 Å². The summed E-state index contributed by atoms with van der Waals surface area (Å²) in [4.78, 5) is 22.4. The maximum absolute atomic E-state index is 13.6. The summed E-state index contributed by atoms with van der Waals surface area (Å²) in [5.74, 6) is 0.938. The zero-order chi connectivity index (χ0) is 26.1. The number of alkyl halides is 1. The third-order valence-corrected chi connectivity index (χ3v) is 11.2. The molecule has 2 saturated heterocycles. The lowest BCUT2D eigenvalue weighted by atomic mass is 9.39. The molecule has 202 valence electrons. The van der Waals surface area contributed by atoms with Crippen molar-refractivity contribution in [3.63, 3.8) is 0 Å². The van der Waals surface area contributed by atoms with Gasteiger partial charge in [0, 0.05) is 53.6 Å². The van der Waals surface area contributed by atoms with Crippen LogP contribution in [0.2, 0.25) is 0 Å². The second-order valence-electron chi connectivity index (χ2n) is 12.4. The molecule has 8 rings (SSSR count). The molecule has 0 atom stereocenters. The predicted molar refractivity (Wildman–Crippen MR) is 151 cm³/mol. The molecule has 1 amide bonds. The number of likely N-dealkylation sites (tertiary alicyclic amines) is 1. The van der Waals surface area contributed by atoms with Gasteiger partial charge in [-0.15, -0.1) is 0 Å². The number of halogens is 2. The first-order valence-electron chi connectivity index (χ1n) is 14.1. The summed E-state index contributed by atoms with van der Waals surface area (Å²) in [6, 6.07) is 8.89. The zero-order valence-electron chi connectivity index (χ0n) is 22.0. The van der Waals surface area contributed by atoms with E-state index in [1.54, 1.807) is 0 Å². The van der Waals surface area contributed by atoms with Gasteiger partial charge in [-0.1, -0.05) is 22.6 Å². The van der Waals surface area contributed by atoms with Crippen LogP contribution >= 0.6 is 22.6 Å². The summed E-state index contributed by atoms with van der Waals surface area (Å²) >= 11 is 2.50. The van der Waals surface area contributed by atoms with Crippen LogP contribution in [0.15, 0.2) is 30.3 Å². The van der Waals surface area contributed by atoms with Crippen LogP contribution in [0, 0.1) is 11.2 Å². The Hall–Kier alpha value is -1.94. The van der Waals surface area contributed by atoms with Crippen LogP contribution in [0.4, 0.5) is 9.18 Å². The van der Waals surface area contributed by atoms with Crippen molar-refractivity contribution >= 4 is 28.7 Å². The van der Waals surface area contributed by atoms with Gasteiger partial charge < -0.3 is 9.47 Å². The van der Waals surface area contributed by atoms with Gasteiger partial charge in [0.05, 0.1) is 18.8 Å². The summed E-state index contributed by atoms with van der Waals surface area (Å²) in [6.07, 6.45) is 7.44. The van der Waals surface area contributed by atoms with E-state index in [9.17, 15) is 9.18 Å². The van der Waals surface area contributed by atoms with Gasteiger partial charge in [-0.25, -0.2) is 14.2 Å². The van der Waals surface area contributed by atoms with Gasteiger partial charge in [0.25, 0.3) is 0 Å². The van der Waals surface area contributed by atoms with Gasteiger partial charge in [0.2, 0.25) is 5.88 Å². The zero-order valence-corrected chi connectivity index (χ0v) is 24.1. The minimum absolute atomic E-state index is 0.0894. The smallest absolute Gasteiger partial charge is 0.410 e. The number of rotatable bonds is 8. The van der Waals surface area contributed by atoms with E-state index in [0.29, 0.717) is 23.8 Å². The van der Waals surface area contributed by atoms with Crippen molar-refractivity contribution in [3.05, 3.63) is 47.3 Å². The Morgan fingerprint density at radius 2 is 1.87 bits per heavy atom. The molecule has 38 heavy (non-hydrogen) atoms. The van der Waals surface area contributed by atoms with E-state index < -0.39 is 0 Å². The highest BCUT2D eigenvalue weighted by atomic mass is 127. The van der Waals surface area contributed by atoms with Gasteiger partial charge in [-0.3, -0.25) is 9.80 Å². The Morgan fingerprint density at radius 3 is 2.50 bits per heavy atom. The topological polar surface area (TPSA) is 54.9 Å². The molecule has 4 saturated carbocycles. The molecule has 4 aliphatic carbocycles. The highest BCUT2D eigenvalue weighted by molar-refractivity contribution is 14.1. The lowest BCUT2D eigenvalue weighted by Gasteiger charge is -2.72. The minimum atomic E-state index is -0.340. The van der Waals surface area contributed by atoms with E-state index in [0.717, 1.165) is 87.9 Å². The third-order valence-electron chi connectivity index (χ3n) is 9.61. The number of hydrogen-bond donors (Lipinski definition) is 0. The summed E-state index contributed by atoms with van der Waals surface area (Å²) in [5.41, 5.74) is 4.44. The molecule has 1 aromatic carbocycles. The van der Waals surface area contributed by atoms with Crippen molar-refractivity contribution in [2.24, 2.45) is 5.41 Å². The van der Waals surface area contributed by atoms with Gasteiger partial charge in [-0.2, -0.15) is 0 Å². The van der Waals surface area contributed by atoms with E-state index in [1.165, 1.54) is 22.1 Å². The maximum Gasteiger partial charge on any atom is 0.410 e. The molecule has 3 heterocycles. The molecule has 2 aromatic rings. The molecular weight excluding hydrogens is 596 g/mol. The van der Waals surface area contributed by atoms with Crippen LogP contribution < -0.4 is 4.74 Å². The largest absolute Gasteiger partial charge is 0.478 e. The number of nitrogens with zero attached hydrogens (tertiary/aromatic N) is 3. The molecule has 6 aliphatic rings. The van der Waals surface area contributed by atoms with Crippen LogP contribution in [0.25, 0.3) is 11.3 Å². The van der Waals surface area contributed by atoms with Crippen LogP contribution in [0.3, 0.4) is 0 Å². The number of carbonyl (C=O) groups excluding carboxylic acids is 1. The standard InChI is InChI=1S/C30H35FIN3O3/c1-2-37-26-22(13-24(20-3-4-20)25(33-26)21-5-7-23(31)8-6-21)14-34-11-9-30(10-12-34)19-35(27(36)38-30)29-15-28(16-29,17-29)18-32/h5-8,13,20H,2-4,9-12,14-19H2,1H3. The van der Waals surface area contributed by atoms with Gasteiger partial charge in [0.1, 0.15) is 11.4 Å². The number of benzene rings is 1. The second-order valence-corrected chi connectivity index (χ2v) is 13.2. The Kier molecular flexibility index (Phi) is 5.96. The Labute approximate surface area is 237 Å². The van der Waals surface area contributed by atoms with Crippen molar-refractivity contribution in [1.82, 2.24) is 14.8 Å². The molecular formula is C30H35FIN3O3. The molecule has 2 bridgehead atoms. The average Bonchev–Trinajstić information content (AvgIpc) is 3.66. The van der Waals surface area contributed by atoms with Crippen molar-refractivity contribution < 1.29 is 18.7 Å². The van der Waals surface area contributed by atoms with E-state index >= 15 is 0 Å². The third kappa shape index (κ3) is 4.12. The van der Waals surface area contributed by atoms with Crippen LogP contribution in [-0.2, 0) is 11.3 Å². The van der Waals surface area contributed by atoms with E-state index in [2.05, 4.69) is 38.5 Å². The van der Waals surface area contributed by atoms with Crippen molar-refractivity contribution in [1.29, 1.82) is 0 Å². The summed E-state index contributed by atoms with van der Waals surface area (Å²) in [6.45, 7) is 5.81. The van der Waals surface area contributed by atoms with Crippen LogP contribution in [-0.4, -0.2) is 62.7 Å². The monoisotopic (exact) mass is 631 g/mol. The number of amides is 1. The molecule has 0 N–H and O–H groups in total. The summed E-state index contributed by atoms with van der Waals surface area (Å²) < 4.78 is 26.9. The number of piperidine rings is 1. The van der Waals surface area contributed by atoms with E-state index in [-0.39, 0.29) is 23.1 Å². The number of aromatic nitrogens is 1. The fourth-order valence-electron chi connectivity index (χ4n) is 7.45. The molecule has 2 aliphatic heterocycles. The van der Waals surface area contributed by atoms with E-state index in [1.807, 2.05) is 19.1 Å². The molecule has 1 aromatic heterocycles. The minimum Gasteiger partial charge on any atom is -0.478 e. The first-order chi connectivity index (χ1) is 18.4. The van der Waals surface area contributed by atoms with Crippen molar-refractivity contribution in [2.75, 3.05) is 30.7 Å². The Morgan fingerprint density at radius 1 is 1.16 bits per heavy atom. The molecule has 6 nitrogen and oxygen atoms in total. The SMILES string of the molecule is CCOc1nc(-c2ccc(F)cc2)c(C2CC2)cc1CN1CCC2(CC1)CN(C13CC(CI)(C1)C3)C(=O)O2. The lowest BCUT2D eigenvalue weighted by molar-refractivity contribution is -0.184. The Balaban J connectivity index is 1.06. The van der Waals surface area contributed by atoms with Crippen LogP contribution in [0.5, 0.6) is 5.88 Å². The van der Waals surface area contributed by atoms with E-state index in [4.69, 9.17) is 14.5 Å². The molecule has 0 unspecified atom stereocenters. The molecule has 6 fully saturated rings. The summed E-state index contributed by atoms with van der Waals surface area (Å²) in [5, 5.41) is 0. The first kappa shape index (κ1) is 25.1. The fraction of sp³-hybridized carbons (Fsp3) is 0.600. The normalized spacial score (nSPS) is 29.7. The molecule has 8 heteroatoms. The lowest BCUT2D eigenvalue weighted by Crippen LogP contribution is -2.75.